The Morgan fingerprint density at radius 1 is 0.778 bits per heavy atom. The molecule has 3 heterocycles. The van der Waals surface area contributed by atoms with Crippen LogP contribution in [0.25, 0.3) is 0 Å². The van der Waals surface area contributed by atoms with E-state index in [1.165, 1.54) is 0 Å². The first kappa shape index (κ1) is 22.2. The number of methoxy groups -OCH3 is 2. The Kier molecular flexibility index (Phi) is 5.37. The van der Waals surface area contributed by atoms with E-state index in [4.69, 9.17) is 14.5 Å². The van der Waals surface area contributed by atoms with Gasteiger partial charge in [0.05, 0.1) is 20.8 Å². The summed E-state index contributed by atoms with van der Waals surface area (Å²) in [6.07, 6.45) is 1.80. The number of anilines is 2. The van der Waals surface area contributed by atoms with Crippen molar-refractivity contribution < 1.29 is 14.3 Å². The van der Waals surface area contributed by atoms with Crippen LogP contribution in [0.5, 0.6) is 11.5 Å². The third-order valence-electron chi connectivity index (χ3n) is 7.27. The molecule has 1 atom stereocenters. The zero-order chi connectivity index (χ0) is 24.7. The molecule has 0 fully saturated rings. The molecular formula is C30H27N3O3. The quantitative estimate of drug-likeness (QED) is 0.393. The fourth-order valence-corrected chi connectivity index (χ4v) is 5.52. The van der Waals surface area contributed by atoms with Crippen molar-refractivity contribution in [3.05, 3.63) is 113 Å². The Labute approximate surface area is 210 Å². The molecule has 2 aliphatic rings. The SMILES string of the molecule is COc1ccc(CN2CC3(C(=O)N(Cc4ccc(OC)cc4)c4ccccc43)c3cccnc32)cc1. The summed E-state index contributed by atoms with van der Waals surface area (Å²) in [6.45, 7) is 1.69. The van der Waals surface area contributed by atoms with Crippen molar-refractivity contribution in [1.29, 1.82) is 0 Å². The van der Waals surface area contributed by atoms with E-state index in [1.807, 2.05) is 65.6 Å². The summed E-state index contributed by atoms with van der Waals surface area (Å²) >= 11 is 0. The maximum Gasteiger partial charge on any atom is 0.244 e. The number of hydrogen-bond donors (Lipinski definition) is 0. The lowest BCUT2D eigenvalue weighted by Crippen LogP contribution is -2.44. The predicted octanol–water partition coefficient (Wildman–Crippen LogP) is 4.95. The van der Waals surface area contributed by atoms with E-state index in [0.717, 1.165) is 45.3 Å². The number of rotatable bonds is 6. The number of carbonyl (C=O) groups excluding carboxylic acids is 1. The number of nitrogens with zero attached hydrogens (tertiary/aromatic N) is 3. The van der Waals surface area contributed by atoms with Gasteiger partial charge in [-0.2, -0.15) is 0 Å². The first-order valence-electron chi connectivity index (χ1n) is 12.0. The van der Waals surface area contributed by atoms with Crippen LogP contribution >= 0.6 is 0 Å². The summed E-state index contributed by atoms with van der Waals surface area (Å²) in [5.74, 6) is 2.58. The molecule has 0 radical (unpaired) electrons. The van der Waals surface area contributed by atoms with Gasteiger partial charge in [0.25, 0.3) is 0 Å². The fourth-order valence-electron chi connectivity index (χ4n) is 5.52. The number of hydrogen-bond acceptors (Lipinski definition) is 5. The maximum atomic E-state index is 14.4. The van der Waals surface area contributed by atoms with Crippen LogP contribution in [-0.4, -0.2) is 31.7 Å². The summed E-state index contributed by atoms with van der Waals surface area (Å²) in [6, 6.07) is 28.1. The average molecular weight is 478 g/mol. The van der Waals surface area contributed by atoms with Crippen molar-refractivity contribution in [1.82, 2.24) is 4.98 Å². The smallest absolute Gasteiger partial charge is 0.244 e. The van der Waals surface area contributed by atoms with Gasteiger partial charge in [-0.25, -0.2) is 4.98 Å². The van der Waals surface area contributed by atoms with E-state index in [0.29, 0.717) is 19.6 Å². The van der Waals surface area contributed by atoms with Crippen LogP contribution in [0.3, 0.4) is 0 Å². The number of para-hydroxylation sites is 1. The normalized spacial score (nSPS) is 17.9. The van der Waals surface area contributed by atoms with E-state index in [1.54, 1.807) is 20.4 Å². The molecule has 1 unspecified atom stereocenters. The van der Waals surface area contributed by atoms with Gasteiger partial charge in [0, 0.05) is 30.5 Å². The van der Waals surface area contributed by atoms with Crippen molar-refractivity contribution in [2.75, 3.05) is 30.6 Å². The first-order chi connectivity index (χ1) is 17.6. The molecule has 180 valence electrons. The Balaban J connectivity index is 1.39. The molecule has 0 aliphatic carbocycles. The third-order valence-corrected chi connectivity index (χ3v) is 7.27. The minimum Gasteiger partial charge on any atom is -0.497 e. The molecule has 6 heteroatoms. The average Bonchev–Trinajstić information content (AvgIpc) is 3.38. The lowest BCUT2D eigenvalue weighted by Gasteiger charge is -2.26. The molecule has 6 nitrogen and oxygen atoms in total. The molecule has 0 saturated carbocycles. The number of pyridine rings is 1. The highest BCUT2D eigenvalue weighted by Crippen LogP contribution is 2.53. The Bertz CT molecular complexity index is 1410. The number of aromatic nitrogens is 1. The van der Waals surface area contributed by atoms with Crippen LogP contribution in [0, 0.1) is 0 Å². The first-order valence-corrected chi connectivity index (χ1v) is 12.0. The molecular weight excluding hydrogens is 450 g/mol. The Morgan fingerprint density at radius 3 is 2.06 bits per heavy atom. The molecule has 1 spiro atoms. The molecule has 1 amide bonds. The monoisotopic (exact) mass is 477 g/mol. The summed E-state index contributed by atoms with van der Waals surface area (Å²) in [4.78, 5) is 23.3. The van der Waals surface area contributed by atoms with Crippen LogP contribution in [0.15, 0.2) is 91.1 Å². The van der Waals surface area contributed by atoms with Gasteiger partial charge in [-0.3, -0.25) is 4.79 Å². The van der Waals surface area contributed by atoms with Gasteiger partial charge < -0.3 is 19.3 Å². The third kappa shape index (κ3) is 3.40. The molecule has 3 aromatic carbocycles. The Hall–Kier alpha value is -4.32. The van der Waals surface area contributed by atoms with Gasteiger partial charge in [-0.15, -0.1) is 0 Å². The summed E-state index contributed by atoms with van der Waals surface area (Å²) in [5, 5.41) is 0. The molecule has 0 N–H and O–H groups in total. The van der Waals surface area contributed by atoms with Gasteiger partial charge in [0.2, 0.25) is 5.91 Å². The molecule has 0 saturated heterocycles. The number of ether oxygens (including phenoxy) is 2. The molecule has 4 aromatic rings. The minimum atomic E-state index is -0.793. The standard InChI is InChI=1S/C30H27N3O3/c1-35-23-13-9-21(10-14-23)18-32-20-30(26-7-5-17-31-28(26)32)25-6-3-4-8-27(25)33(29(30)34)19-22-11-15-24(36-2)16-12-22/h3-17H,18-20H2,1-2H3. The highest BCUT2D eigenvalue weighted by molar-refractivity contribution is 6.12. The van der Waals surface area contributed by atoms with E-state index in [-0.39, 0.29) is 5.91 Å². The summed E-state index contributed by atoms with van der Waals surface area (Å²) in [7, 11) is 3.32. The number of carbonyl (C=O) groups is 1. The molecule has 2 aliphatic heterocycles. The summed E-state index contributed by atoms with van der Waals surface area (Å²) < 4.78 is 10.6. The zero-order valence-corrected chi connectivity index (χ0v) is 20.3. The van der Waals surface area contributed by atoms with Crippen molar-refractivity contribution >= 4 is 17.4 Å². The zero-order valence-electron chi connectivity index (χ0n) is 20.3. The van der Waals surface area contributed by atoms with E-state index in [2.05, 4.69) is 29.2 Å². The van der Waals surface area contributed by atoms with E-state index < -0.39 is 5.41 Å². The van der Waals surface area contributed by atoms with Crippen LogP contribution < -0.4 is 19.3 Å². The van der Waals surface area contributed by atoms with Crippen molar-refractivity contribution in [2.24, 2.45) is 0 Å². The predicted molar refractivity (Wildman–Crippen MR) is 140 cm³/mol. The minimum absolute atomic E-state index is 0.0889. The Morgan fingerprint density at radius 2 is 1.39 bits per heavy atom. The second kappa shape index (κ2) is 8.72. The second-order valence-corrected chi connectivity index (χ2v) is 9.24. The second-order valence-electron chi connectivity index (χ2n) is 9.24. The van der Waals surface area contributed by atoms with Gasteiger partial charge in [-0.05, 0) is 53.1 Å². The molecule has 1 aromatic heterocycles. The van der Waals surface area contributed by atoms with Crippen LogP contribution in [-0.2, 0) is 23.3 Å². The van der Waals surface area contributed by atoms with Gasteiger partial charge in [0.15, 0.2) is 0 Å². The van der Waals surface area contributed by atoms with Gasteiger partial charge >= 0.3 is 0 Å². The van der Waals surface area contributed by atoms with E-state index in [9.17, 15) is 4.79 Å². The van der Waals surface area contributed by atoms with Crippen molar-refractivity contribution in [3.8, 4) is 11.5 Å². The maximum absolute atomic E-state index is 14.4. The topological polar surface area (TPSA) is 54.9 Å². The molecule has 6 rings (SSSR count). The highest BCUT2D eigenvalue weighted by Gasteiger charge is 2.57. The highest BCUT2D eigenvalue weighted by atomic mass is 16.5. The number of amides is 1. The molecule has 36 heavy (non-hydrogen) atoms. The van der Waals surface area contributed by atoms with Crippen LogP contribution in [0.1, 0.15) is 22.3 Å². The van der Waals surface area contributed by atoms with Crippen molar-refractivity contribution in [3.63, 3.8) is 0 Å². The fraction of sp³-hybridized carbons (Fsp3) is 0.200. The van der Waals surface area contributed by atoms with Crippen LogP contribution in [0.2, 0.25) is 0 Å². The number of fused-ring (bicyclic) bond motifs is 4. The lowest BCUT2D eigenvalue weighted by molar-refractivity contribution is -0.121. The van der Waals surface area contributed by atoms with E-state index >= 15 is 0 Å². The van der Waals surface area contributed by atoms with Gasteiger partial charge in [-0.1, -0.05) is 48.5 Å². The molecule has 0 bridgehead atoms. The van der Waals surface area contributed by atoms with Crippen molar-refractivity contribution in [2.45, 2.75) is 18.5 Å². The largest absolute Gasteiger partial charge is 0.497 e. The van der Waals surface area contributed by atoms with Crippen LogP contribution in [0.4, 0.5) is 11.5 Å². The summed E-state index contributed by atoms with van der Waals surface area (Å²) in [5.41, 5.74) is 4.36. The lowest BCUT2D eigenvalue weighted by atomic mass is 9.77. The van der Waals surface area contributed by atoms with Gasteiger partial charge in [0.1, 0.15) is 22.7 Å². The number of benzene rings is 3.